The summed E-state index contributed by atoms with van der Waals surface area (Å²) < 4.78 is 11.4. The van der Waals surface area contributed by atoms with Crippen LogP contribution in [0.3, 0.4) is 0 Å². The van der Waals surface area contributed by atoms with Gasteiger partial charge in [0.25, 0.3) is 0 Å². The molecule has 0 bridgehead atoms. The number of hydrogen-bond acceptors (Lipinski definition) is 3. The van der Waals surface area contributed by atoms with Gasteiger partial charge in [-0.2, -0.15) is 0 Å². The summed E-state index contributed by atoms with van der Waals surface area (Å²) >= 11 is 0. The van der Waals surface area contributed by atoms with E-state index >= 15 is 0 Å². The Balaban J connectivity index is 1.83. The van der Waals surface area contributed by atoms with E-state index in [1.807, 2.05) is 6.92 Å². The van der Waals surface area contributed by atoms with Gasteiger partial charge >= 0.3 is 0 Å². The fraction of sp³-hybridized carbons (Fsp3) is 0.714. The number of furan rings is 1. The molecule has 0 amide bonds. The van der Waals surface area contributed by atoms with E-state index in [-0.39, 0.29) is 0 Å². The van der Waals surface area contributed by atoms with Crippen LogP contribution in [0.1, 0.15) is 50.2 Å². The van der Waals surface area contributed by atoms with Gasteiger partial charge in [0.05, 0.1) is 6.10 Å². The Morgan fingerprint density at radius 3 is 2.94 bits per heavy atom. The van der Waals surface area contributed by atoms with E-state index < -0.39 is 0 Å². The molecule has 1 heterocycles. The minimum atomic E-state index is 0.299. The molecule has 3 heteroatoms. The molecule has 1 unspecified atom stereocenters. The predicted octanol–water partition coefficient (Wildman–Crippen LogP) is 3.16. The summed E-state index contributed by atoms with van der Waals surface area (Å²) in [6, 6.07) is 2.86. The van der Waals surface area contributed by atoms with Crippen molar-refractivity contribution in [2.45, 2.75) is 65.3 Å². The van der Waals surface area contributed by atoms with Crippen LogP contribution in [0.4, 0.5) is 0 Å². The first kappa shape index (κ1) is 12.7. The number of rotatable bonds is 7. The van der Waals surface area contributed by atoms with Crippen molar-refractivity contribution >= 4 is 0 Å². The summed E-state index contributed by atoms with van der Waals surface area (Å²) in [6.07, 6.45) is 3.98. The molecule has 0 radical (unpaired) electrons. The van der Waals surface area contributed by atoms with Gasteiger partial charge in [-0.1, -0.05) is 6.92 Å². The molecule has 1 aliphatic rings. The summed E-state index contributed by atoms with van der Waals surface area (Å²) in [5, 5.41) is 3.50. The lowest BCUT2D eigenvalue weighted by molar-refractivity contribution is 0.0403. The molecule has 0 spiro atoms. The molecular weight excluding hydrogens is 214 g/mol. The molecule has 1 N–H and O–H groups in total. The van der Waals surface area contributed by atoms with Crippen molar-refractivity contribution in [1.82, 2.24) is 5.32 Å². The Labute approximate surface area is 104 Å². The van der Waals surface area contributed by atoms with Gasteiger partial charge in [-0.25, -0.2) is 0 Å². The molecule has 1 aliphatic carbocycles. The Morgan fingerprint density at radius 2 is 2.29 bits per heavy atom. The zero-order chi connectivity index (χ0) is 12.3. The SMILES string of the molecule is CCC(C)OCc1cc(CNC2CC2)c(C)o1. The maximum absolute atomic E-state index is 5.70. The summed E-state index contributed by atoms with van der Waals surface area (Å²) in [5.41, 5.74) is 1.26. The second-order valence-electron chi connectivity index (χ2n) is 4.98. The van der Waals surface area contributed by atoms with E-state index in [1.54, 1.807) is 0 Å². The van der Waals surface area contributed by atoms with Gasteiger partial charge in [-0.3, -0.25) is 0 Å². The van der Waals surface area contributed by atoms with E-state index in [0.29, 0.717) is 12.7 Å². The maximum atomic E-state index is 5.70. The summed E-state index contributed by atoms with van der Waals surface area (Å²) in [5.74, 6) is 1.95. The van der Waals surface area contributed by atoms with Gasteiger partial charge in [-0.05, 0) is 39.2 Å². The van der Waals surface area contributed by atoms with Crippen molar-refractivity contribution < 1.29 is 9.15 Å². The van der Waals surface area contributed by atoms with Crippen molar-refractivity contribution in [2.24, 2.45) is 0 Å². The number of ether oxygens (including phenoxy) is 1. The highest BCUT2D eigenvalue weighted by Gasteiger charge is 2.20. The van der Waals surface area contributed by atoms with Gasteiger partial charge < -0.3 is 14.5 Å². The second-order valence-corrected chi connectivity index (χ2v) is 4.98. The van der Waals surface area contributed by atoms with Gasteiger partial charge in [0, 0.05) is 18.2 Å². The summed E-state index contributed by atoms with van der Waals surface area (Å²) in [7, 11) is 0. The van der Waals surface area contributed by atoms with Crippen LogP contribution in [0.2, 0.25) is 0 Å². The smallest absolute Gasteiger partial charge is 0.130 e. The fourth-order valence-corrected chi connectivity index (χ4v) is 1.72. The molecule has 0 aliphatic heterocycles. The van der Waals surface area contributed by atoms with Crippen LogP contribution in [0.5, 0.6) is 0 Å². The Kier molecular flexibility index (Phi) is 4.24. The van der Waals surface area contributed by atoms with E-state index in [4.69, 9.17) is 9.15 Å². The monoisotopic (exact) mass is 237 g/mol. The van der Waals surface area contributed by atoms with Crippen LogP contribution < -0.4 is 5.32 Å². The molecular formula is C14H23NO2. The average molecular weight is 237 g/mol. The number of hydrogen-bond donors (Lipinski definition) is 1. The lowest BCUT2D eigenvalue weighted by Gasteiger charge is -2.08. The lowest BCUT2D eigenvalue weighted by atomic mass is 10.2. The molecule has 1 aromatic heterocycles. The van der Waals surface area contributed by atoms with Gasteiger partial charge in [-0.15, -0.1) is 0 Å². The largest absolute Gasteiger partial charge is 0.464 e. The second kappa shape index (κ2) is 5.69. The van der Waals surface area contributed by atoms with Crippen LogP contribution in [0.25, 0.3) is 0 Å². The summed E-state index contributed by atoms with van der Waals surface area (Å²) in [6.45, 7) is 7.74. The zero-order valence-electron chi connectivity index (χ0n) is 11.1. The average Bonchev–Trinajstić information content (AvgIpc) is 3.08. The minimum Gasteiger partial charge on any atom is -0.464 e. The lowest BCUT2D eigenvalue weighted by Crippen LogP contribution is -2.15. The third kappa shape index (κ3) is 3.86. The van der Waals surface area contributed by atoms with E-state index in [2.05, 4.69) is 25.2 Å². The third-order valence-corrected chi connectivity index (χ3v) is 3.32. The first-order valence-corrected chi connectivity index (χ1v) is 6.62. The van der Waals surface area contributed by atoms with Crippen molar-refractivity contribution in [3.63, 3.8) is 0 Å². The zero-order valence-corrected chi connectivity index (χ0v) is 11.1. The minimum absolute atomic E-state index is 0.299. The molecule has 0 aromatic carbocycles. The highest BCUT2D eigenvalue weighted by Crippen LogP contribution is 2.21. The molecule has 1 aromatic rings. The molecule has 1 saturated carbocycles. The quantitative estimate of drug-likeness (QED) is 0.791. The standard InChI is InChI=1S/C14H23NO2/c1-4-10(2)16-9-14-7-12(11(3)17-14)8-15-13-5-6-13/h7,10,13,15H,4-6,8-9H2,1-3H3. The molecule has 1 atom stereocenters. The molecule has 0 saturated heterocycles. The van der Waals surface area contributed by atoms with Crippen molar-refractivity contribution in [2.75, 3.05) is 0 Å². The van der Waals surface area contributed by atoms with E-state index in [1.165, 1.54) is 18.4 Å². The summed E-state index contributed by atoms with van der Waals surface area (Å²) in [4.78, 5) is 0. The molecule has 3 nitrogen and oxygen atoms in total. The highest BCUT2D eigenvalue weighted by atomic mass is 16.5. The number of nitrogens with one attached hydrogen (secondary N) is 1. The maximum Gasteiger partial charge on any atom is 0.130 e. The van der Waals surface area contributed by atoms with Crippen molar-refractivity contribution in [3.05, 3.63) is 23.2 Å². The molecule has 96 valence electrons. The fourth-order valence-electron chi connectivity index (χ4n) is 1.72. The first-order chi connectivity index (χ1) is 8.19. The van der Waals surface area contributed by atoms with Gasteiger partial charge in [0.1, 0.15) is 18.1 Å². The normalized spacial score (nSPS) is 17.4. The van der Waals surface area contributed by atoms with Crippen molar-refractivity contribution in [3.8, 4) is 0 Å². The van der Waals surface area contributed by atoms with E-state index in [0.717, 1.165) is 30.5 Å². The topological polar surface area (TPSA) is 34.4 Å². The first-order valence-electron chi connectivity index (χ1n) is 6.62. The van der Waals surface area contributed by atoms with Crippen LogP contribution in [-0.2, 0) is 17.9 Å². The Hall–Kier alpha value is -0.800. The molecule has 1 fully saturated rings. The van der Waals surface area contributed by atoms with Crippen LogP contribution >= 0.6 is 0 Å². The predicted molar refractivity (Wildman–Crippen MR) is 67.8 cm³/mol. The van der Waals surface area contributed by atoms with Crippen LogP contribution in [0.15, 0.2) is 10.5 Å². The van der Waals surface area contributed by atoms with Gasteiger partial charge in [0.15, 0.2) is 0 Å². The van der Waals surface area contributed by atoms with E-state index in [9.17, 15) is 0 Å². The highest BCUT2D eigenvalue weighted by molar-refractivity contribution is 5.20. The Bertz CT molecular complexity index is 355. The van der Waals surface area contributed by atoms with Crippen molar-refractivity contribution in [1.29, 1.82) is 0 Å². The van der Waals surface area contributed by atoms with Gasteiger partial charge in [0.2, 0.25) is 0 Å². The third-order valence-electron chi connectivity index (χ3n) is 3.32. The molecule has 17 heavy (non-hydrogen) atoms. The van der Waals surface area contributed by atoms with Crippen LogP contribution in [0, 0.1) is 6.92 Å². The van der Waals surface area contributed by atoms with Crippen LogP contribution in [-0.4, -0.2) is 12.1 Å². The number of aryl methyl sites for hydroxylation is 1. The molecule has 2 rings (SSSR count). The Morgan fingerprint density at radius 1 is 1.53 bits per heavy atom.